The first-order chi connectivity index (χ1) is 12.7. The minimum atomic E-state index is 0.00356. The van der Waals surface area contributed by atoms with E-state index in [1.165, 1.54) is 19.3 Å². The van der Waals surface area contributed by atoms with Gasteiger partial charge >= 0.3 is 0 Å². The summed E-state index contributed by atoms with van der Waals surface area (Å²) in [5, 5.41) is 4.22. The molecule has 1 aliphatic carbocycles. The molecule has 1 aliphatic rings. The smallest absolute Gasteiger partial charge is 0.262 e. The number of rotatable bonds is 5. The SMILES string of the molecule is CC[C@H](c1ccccc1)n1c(C)nc2ccc(NC3CCC3)cc2c1=O. The largest absolute Gasteiger partial charge is 0.382 e. The normalized spacial score (nSPS) is 15.6. The fraction of sp³-hybridized carbons (Fsp3) is 0.364. The van der Waals surface area contributed by atoms with Gasteiger partial charge in [-0.15, -0.1) is 0 Å². The van der Waals surface area contributed by atoms with Crippen molar-refractivity contribution < 1.29 is 0 Å². The van der Waals surface area contributed by atoms with Gasteiger partial charge in [0, 0.05) is 11.7 Å². The van der Waals surface area contributed by atoms with Crippen LogP contribution in [0.2, 0.25) is 0 Å². The number of hydrogen-bond donors (Lipinski definition) is 1. The van der Waals surface area contributed by atoms with Crippen molar-refractivity contribution in [1.29, 1.82) is 0 Å². The van der Waals surface area contributed by atoms with Crippen LogP contribution in [-0.2, 0) is 0 Å². The zero-order valence-corrected chi connectivity index (χ0v) is 15.4. The molecular weight excluding hydrogens is 322 g/mol. The van der Waals surface area contributed by atoms with Crippen molar-refractivity contribution in [3.05, 3.63) is 70.3 Å². The van der Waals surface area contributed by atoms with Crippen molar-refractivity contribution in [3.63, 3.8) is 0 Å². The van der Waals surface area contributed by atoms with Crippen LogP contribution in [0.25, 0.3) is 10.9 Å². The van der Waals surface area contributed by atoms with E-state index in [1.54, 1.807) is 0 Å². The van der Waals surface area contributed by atoms with Crippen LogP contribution >= 0.6 is 0 Å². The Hall–Kier alpha value is -2.62. The summed E-state index contributed by atoms with van der Waals surface area (Å²) in [5.41, 5.74) is 2.97. The lowest BCUT2D eigenvalue weighted by Gasteiger charge is -2.27. The van der Waals surface area contributed by atoms with Crippen molar-refractivity contribution >= 4 is 16.6 Å². The van der Waals surface area contributed by atoms with Crippen LogP contribution < -0.4 is 10.9 Å². The van der Waals surface area contributed by atoms with Gasteiger partial charge in [0.15, 0.2) is 0 Å². The van der Waals surface area contributed by atoms with Crippen molar-refractivity contribution in [2.75, 3.05) is 5.32 Å². The Kier molecular flexibility index (Phi) is 4.49. The average molecular weight is 347 g/mol. The van der Waals surface area contributed by atoms with Crippen molar-refractivity contribution in [2.45, 2.75) is 51.6 Å². The number of aryl methyl sites for hydroxylation is 1. The van der Waals surface area contributed by atoms with Gasteiger partial charge in [0.2, 0.25) is 0 Å². The fourth-order valence-electron chi connectivity index (χ4n) is 3.80. The molecule has 0 saturated heterocycles. The van der Waals surface area contributed by atoms with Gasteiger partial charge in [0.05, 0.1) is 16.9 Å². The third-order valence-corrected chi connectivity index (χ3v) is 5.44. The molecule has 0 spiro atoms. The Morgan fingerprint density at radius 3 is 2.62 bits per heavy atom. The number of nitrogens with zero attached hydrogens (tertiary/aromatic N) is 2. The summed E-state index contributed by atoms with van der Waals surface area (Å²) in [6.45, 7) is 4.04. The number of hydrogen-bond acceptors (Lipinski definition) is 3. The second kappa shape index (κ2) is 6.94. The molecule has 0 aliphatic heterocycles. The predicted molar refractivity (Wildman–Crippen MR) is 107 cm³/mol. The minimum Gasteiger partial charge on any atom is -0.382 e. The molecule has 2 aromatic carbocycles. The third-order valence-electron chi connectivity index (χ3n) is 5.44. The van der Waals surface area contributed by atoms with Crippen LogP contribution in [0, 0.1) is 6.92 Å². The lowest BCUT2D eigenvalue weighted by molar-refractivity contribution is 0.445. The highest BCUT2D eigenvalue weighted by atomic mass is 16.1. The maximum atomic E-state index is 13.3. The molecule has 0 bridgehead atoms. The standard InChI is InChI=1S/C22H25N3O/c1-3-21(16-8-5-4-6-9-16)25-15(2)23-20-13-12-18(14-19(20)22(25)26)24-17-10-7-11-17/h4-6,8-9,12-14,17,21,24H,3,7,10-11H2,1-2H3/t21-/m1/s1. The van der Waals surface area contributed by atoms with E-state index in [-0.39, 0.29) is 11.6 Å². The summed E-state index contributed by atoms with van der Waals surface area (Å²) in [6.07, 6.45) is 4.55. The summed E-state index contributed by atoms with van der Waals surface area (Å²) < 4.78 is 1.85. The third kappa shape index (κ3) is 3.00. The summed E-state index contributed by atoms with van der Waals surface area (Å²) in [7, 11) is 0. The van der Waals surface area contributed by atoms with Crippen molar-refractivity contribution in [1.82, 2.24) is 9.55 Å². The van der Waals surface area contributed by atoms with E-state index >= 15 is 0 Å². The molecule has 4 rings (SSSR count). The highest BCUT2D eigenvalue weighted by Crippen LogP contribution is 2.26. The Balaban J connectivity index is 1.82. The molecule has 4 nitrogen and oxygen atoms in total. The van der Waals surface area contributed by atoms with E-state index in [4.69, 9.17) is 4.98 Å². The lowest BCUT2D eigenvalue weighted by atomic mass is 9.93. The van der Waals surface area contributed by atoms with Crippen LogP contribution in [0.4, 0.5) is 5.69 Å². The van der Waals surface area contributed by atoms with Crippen LogP contribution in [0.15, 0.2) is 53.3 Å². The minimum absolute atomic E-state index is 0.00356. The molecule has 0 amide bonds. The number of nitrogens with one attached hydrogen (secondary N) is 1. The maximum Gasteiger partial charge on any atom is 0.262 e. The Bertz CT molecular complexity index is 974. The van der Waals surface area contributed by atoms with Crippen molar-refractivity contribution in [3.8, 4) is 0 Å². The second-order valence-electron chi connectivity index (χ2n) is 7.17. The monoisotopic (exact) mass is 347 g/mol. The first-order valence-corrected chi connectivity index (χ1v) is 9.51. The molecule has 1 heterocycles. The van der Waals surface area contributed by atoms with Crippen LogP contribution in [0.1, 0.15) is 50.0 Å². The average Bonchev–Trinajstić information content (AvgIpc) is 2.63. The Morgan fingerprint density at radius 2 is 1.96 bits per heavy atom. The number of anilines is 1. The molecule has 0 unspecified atom stereocenters. The van der Waals surface area contributed by atoms with Gasteiger partial charge in [-0.25, -0.2) is 4.98 Å². The number of benzene rings is 2. The van der Waals surface area contributed by atoms with E-state index in [1.807, 2.05) is 47.9 Å². The molecule has 1 N–H and O–H groups in total. The summed E-state index contributed by atoms with van der Waals surface area (Å²) in [5.74, 6) is 0.762. The van der Waals surface area contributed by atoms with Gasteiger partial charge < -0.3 is 5.32 Å². The van der Waals surface area contributed by atoms with Gasteiger partial charge in [0.25, 0.3) is 5.56 Å². The van der Waals surface area contributed by atoms with E-state index in [9.17, 15) is 4.79 Å². The first-order valence-electron chi connectivity index (χ1n) is 9.51. The molecule has 134 valence electrons. The van der Waals surface area contributed by atoms with Gasteiger partial charge in [0.1, 0.15) is 5.82 Å². The molecule has 1 aromatic heterocycles. The lowest BCUT2D eigenvalue weighted by Crippen LogP contribution is -2.29. The highest BCUT2D eigenvalue weighted by molar-refractivity contribution is 5.81. The van der Waals surface area contributed by atoms with E-state index < -0.39 is 0 Å². The molecule has 1 atom stereocenters. The molecular formula is C22H25N3O. The Labute approximate surface area is 153 Å². The zero-order valence-electron chi connectivity index (χ0n) is 15.4. The van der Waals surface area contributed by atoms with Crippen molar-refractivity contribution in [2.24, 2.45) is 0 Å². The summed E-state index contributed by atoms with van der Waals surface area (Å²) in [6, 6.07) is 16.7. The predicted octanol–water partition coefficient (Wildman–Crippen LogP) is 4.67. The summed E-state index contributed by atoms with van der Waals surface area (Å²) in [4.78, 5) is 18.1. The van der Waals surface area contributed by atoms with E-state index in [2.05, 4.69) is 24.4 Å². The van der Waals surface area contributed by atoms with Crippen LogP contribution in [0.5, 0.6) is 0 Å². The topological polar surface area (TPSA) is 46.9 Å². The van der Waals surface area contributed by atoms with Gasteiger partial charge in [-0.1, -0.05) is 37.3 Å². The van der Waals surface area contributed by atoms with Crippen LogP contribution in [-0.4, -0.2) is 15.6 Å². The number of fused-ring (bicyclic) bond motifs is 1. The quantitative estimate of drug-likeness (QED) is 0.729. The first kappa shape index (κ1) is 16.8. The summed E-state index contributed by atoms with van der Waals surface area (Å²) >= 11 is 0. The Morgan fingerprint density at radius 1 is 1.19 bits per heavy atom. The molecule has 1 fully saturated rings. The van der Waals surface area contributed by atoms with Crippen LogP contribution in [0.3, 0.4) is 0 Å². The van der Waals surface area contributed by atoms with Gasteiger partial charge in [-0.05, 0) is 56.4 Å². The molecule has 26 heavy (non-hydrogen) atoms. The molecule has 4 heteroatoms. The van der Waals surface area contributed by atoms with E-state index in [0.717, 1.165) is 29.0 Å². The molecule has 0 radical (unpaired) electrons. The van der Waals surface area contributed by atoms with E-state index in [0.29, 0.717) is 11.4 Å². The maximum absolute atomic E-state index is 13.3. The molecule has 1 saturated carbocycles. The molecule has 3 aromatic rings. The zero-order chi connectivity index (χ0) is 18.1. The fourth-order valence-corrected chi connectivity index (χ4v) is 3.80. The van der Waals surface area contributed by atoms with Gasteiger partial charge in [-0.2, -0.15) is 0 Å². The van der Waals surface area contributed by atoms with Gasteiger partial charge in [-0.3, -0.25) is 9.36 Å². The second-order valence-corrected chi connectivity index (χ2v) is 7.17. The number of aromatic nitrogens is 2. The highest BCUT2D eigenvalue weighted by Gasteiger charge is 2.19.